The quantitative estimate of drug-likeness (QED) is 0.747. The Hall–Kier alpha value is -1.07. The van der Waals surface area contributed by atoms with Crippen molar-refractivity contribution in [1.29, 1.82) is 0 Å². The smallest absolute Gasteiger partial charge is 0.312 e. The molecule has 0 bridgehead atoms. The van der Waals surface area contributed by atoms with Crippen molar-refractivity contribution in [2.75, 3.05) is 6.54 Å². The van der Waals surface area contributed by atoms with E-state index in [1.807, 2.05) is 0 Å². The van der Waals surface area contributed by atoms with Gasteiger partial charge in [-0.05, 0) is 19.4 Å². The first-order valence-electron chi connectivity index (χ1n) is 4.89. The molecular weight excluding hydrogens is 218 g/mol. The number of H-pyrrole nitrogens is 1. The van der Waals surface area contributed by atoms with Crippen molar-refractivity contribution in [2.45, 2.75) is 25.4 Å². The normalized spacial score (nSPS) is 20.7. The zero-order valence-electron chi connectivity index (χ0n) is 8.12. The van der Waals surface area contributed by atoms with Crippen LogP contribution in [0.25, 0.3) is 0 Å². The maximum atomic E-state index is 11.4. The number of nitrogens with one attached hydrogen (secondary N) is 2. The summed E-state index contributed by atoms with van der Waals surface area (Å²) < 4.78 is 1.44. The lowest BCUT2D eigenvalue weighted by Crippen LogP contribution is -2.36. The summed E-state index contributed by atoms with van der Waals surface area (Å²) in [4.78, 5) is 24.6. The van der Waals surface area contributed by atoms with Crippen molar-refractivity contribution >= 4 is 11.6 Å². The fourth-order valence-corrected chi connectivity index (χ4v) is 1.93. The fraction of sp³-hybridized carbons (Fsp3) is 0.556. The second kappa shape index (κ2) is 4.20. The summed E-state index contributed by atoms with van der Waals surface area (Å²) in [6, 6.07) is 0.296. The zero-order valence-corrected chi connectivity index (χ0v) is 8.88. The Bertz CT molecular complexity index is 459. The standard InChI is InChI=1S/C9H12ClN3O2/c10-7-5-13(9(15)12-8(7)14)4-6-2-1-3-11-6/h5-6,11H,1-4H2,(H,12,14,15)/t6-/m0/s1. The minimum Gasteiger partial charge on any atom is -0.312 e. The van der Waals surface area contributed by atoms with Gasteiger partial charge in [0.25, 0.3) is 5.56 Å². The molecule has 5 nitrogen and oxygen atoms in total. The molecule has 0 saturated carbocycles. The minimum atomic E-state index is -0.530. The van der Waals surface area contributed by atoms with Crippen LogP contribution in [0.1, 0.15) is 12.8 Å². The minimum absolute atomic E-state index is 0.0487. The van der Waals surface area contributed by atoms with Gasteiger partial charge in [0.2, 0.25) is 0 Å². The molecule has 1 aliphatic heterocycles. The molecule has 1 saturated heterocycles. The van der Waals surface area contributed by atoms with Gasteiger partial charge in [-0.1, -0.05) is 11.6 Å². The highest BCUT2D eigenvalue weighted by molar-refractivity contribution is 6.30. The average Bonchev–Trinajstić information content (AvgIpc) is 2.67. The van der Waals surface area contributed by atoms with E-state index in [-0.39, 0.29) is 5.02 Å². The van der Waals surface area contributed by atoms with E-state index < -0.39 is 11.2 Å². The average molecular weight is 230 g/mol. The third-order valence-corrected chi connectivity index (χ3v) is 2.82. The Labute approximate surface area is 91.1 Å². The number of rotatable bonds is 2. The van der Waals surface area contributed by atoms with Gasteiger partial charge < -0.3 is 5.32 Å². The van der Waals surface area contributed by atoms with Crippen LogP contribution in [-0.4, -0.2) is 22.1 Å². The molecule has 1 aliphatic rings. The summed E-state index contributed by atoms with van der Waals surface area (Å²) in [5.74, 6) is 0. The van der Waals surface area contributed by atoms with Crippen molar-refractivity contribution in [3.8, 4) is 0 Å². The van der Waals surface area contributed by atoms with Crippen LogP contribution in [0.2, 0.25) is 5.02 Å². The van der Waals surface area contributed by atoms with Gasteiger partial charge in [-0.15, -0.1) is 0 Å². The molecule has 2 heterocycles. The Morgan fingerprint density at radius 2 is 2.33 bits per heavy atom. The number of halogens is 1. The summed E-state index contributed by atoms with van der Waals surface area (Å²) in [5.41, 5.74) is -0.935. The third kappa shape index (κ3) is 2.30. The lowest BCUT2D eigenvalue weighted by atomic mass is 10.2. The van der Waals surface area contributed by atoms with Crippen LogP contribution in [0.5, 0.6) is 0 Å². The van der Waals surface area contributed by atoms with Crippen molar-refractivity contribution < 1.29 is 0 Å². The number of hydrogen-bond donors (Lipinski definition) is 2. The molecule has 0 aromatic carbocycles. The molecule has 1 aromatic rings. The number of aromatic nitrogens is 2. The molecule has 1 fully saturated rings. The second-order valence-corrected chi connectivity index (χ2v) is 4.09. The van der Waals surface area contributed by atoms with E-state index in [1.165, 1.54) is 10.8 Å². The van der Waals surface area contributed by atoms with Gasteiger partial charge in [-0.25, -0.2) is 4.79 Å². The van der Waals surface area contributed by atoms with Gasteiger partial charge >= 0.3 is 5.69 Å². The van der Waals surface area contributed by atoms with E-state index in [4.69, 9.17) is 11.6 Å². The van der Waals surface area contributed by atoms with Crippen LogP contribution in [0.3, 0.4) is 0 Å². The number of nitrogens with zero attached hydrogens (tertiary/aromatic N) is 1. The van der Waals surface area contributed by atoms with Gasteiger partial charge in [0.1, 0.15) is 5.02 Å². The van der Waals surface area contributed by atoms with E-state index in [1.54, 1.807) is 0 Å². The molecule has 6 heteroatoms. The highest BCUT2D eigenvalue weighted by Crippen LogP contribution is 2.06. The monoisotopic (exact) mass is 229 g/mol. The fourth-order valence-electron chi connectivity index (χ4n) is 1.77. The SMILES string of the molecule is O=c1[nH]c(=O)n(C[C@@H]2CCCN2)cc1Cl. The lowest BCUT2D eigenvalue weighted by molar-refractivity contribution is 0.492. The lowest BCUT2D eigenvalue weighted by Gasteiger charge is -2.11. The van der Waals surface area contributed by atoms with Crippen LogP contribution in [0, 0.1) is 0 Å². The Morgan fingerprint density at radius 1 is 1.53 bits per heavy atom. The molecule has 0 aliphatic carbocycles. The van der Waals surface area contributed by atoms with Crippen molar-refractivity contribution in [3.05, 3.63) is 32.1 Å². The highest BCUT2D eigenvalue weighted by Gasteiger charge is 2.15. The Balaban J connectivity index is 2.24. The van der Waals surface area contributed by atoms with Gasteiger partial charge in [0.15, 0.2) is 0 Å². The molecule has 2 rings (SSSR count). The molecule has 0 unspecified atom stereocenters. The van der Waals surface area contributed by atoms with Gasteiger partial charge in [0.05, 0.1) is 0 Å². The first-order valence-corrected chi connectivity index (χ1v) is 5.27. The number of aromatic amines is 1. The third-order valence-electron chi connectivity index (χ3n) is 2.55. The van der Waals surface area contributed by atoms with E-state index >= 15 is 0 Å². The van der Waals surface area contributed by atoms with Crippen molar-refractivity contribution in [2.24, 2.45) is 0 Å². The first kappa shape index (κ1) is 10.4. The molecule has 0 amide bonds. The van der Waals surface area contributed by atoms with Crippen LogP contribution >= 0.6 is 11.6 Å². The molecule has 0 radical (unpaired) electrons. The van der Waals surface area contributed by atoms with E-state index in [0.717, 1.165) is 19.4 Å². The largest absolute Gasteiger partial charge is 0.328 e. The summed E-state index contributed by atoms with van der Waals surface area (Å²) in [6.07, 6.45) is 3.56. The van der Waals surface area contributed by atoms with Crippen molar-refractivity contribution in [1.82, 2.24) is 14.9 Å². The van der Waals surface area contributed by atoms with Crippen LogP contribution < -0.4 is 16.6 Å². The highest BCUT2D eigenvalue weighted by atomic mass is 35.5. The van der Waals surface area contributed by atoms with Gasteiger partial charge in [-0.3, -0.25) is 14.3 Å². The Morgan fingerprint density at radius 3 is 3.00 bits per heavy atom. The maximum Gasteiger partial charge on any atom is 0.328 e. The van der Waals surface area contributed by atoms with E-state index in [0.29, 0.717) is 12.6 Å². The zero-order chi connectivity index (χ0) is 10.8. The summed E-state index contributed by atoms with van der Waals surface area (Å²) >= 11 is 5.65. The van der Waals surface area contributed by atoms with Crippen LogP contribution in [0.4, 0.5) is 0 Å². The van der Waals surface area contributed by atoms with Gasteiger partial charge in [-0.2, -0.15) is 0 Å². The topological polar surface area (TPSA) is 66.9 Å². The molecule has 82 valence electrons. The van der Waals surface area contributed by atoms with E-state index in [9.17, 15) is 9.59 Å². The van der Waals surface area contributed by atoms with E-state index in [2.05, 4.69) is 10.3 Å². The first-order chi connectivity index (χ1) is 7.16. The number of hydrogen-bond acceptors (Lipinski definition) is 3. The summed E-state index contributed by atoms with van der Waals surface area (Å²) in [6.45, 7) is 1.53. The molecular formula is C9H12ClN3O2. The Kier molecular flexibility index (Phi) is 2.93. The molecule has 1 aromatic heterocycles. The molecule has 15 heavy (non-hydrogen) atoms. The maximum absolute atomic E-state index is 11.4. The summed E-state index contributed by atoms with van der Waals surface area (Å²) in [5, 5.41) is 3.32. The second-order valence-electron chi connectivity index (χ2n) is 3.68. The van der Waals surface area contributed by atoms with Crippen LogP contribution in [0.15, 0.2) is 15.8 Å². The predicted octanol–water partition coefficient (Wildman–Crippen LogP) is -0.0580. The molecule has 2 N–H and O–H groups in total. The van der Waals surface area contributed by atoms with Gasteiger partial charge in [0, 0.05) is 18.8 Å². The molecule has 1 atom stereocenters. The van der Waals surface area contributed by atoms with Crippen molar-refractivity contribution in [3.63, 3.8) is 0 Å². The van der Waals surface area contributed by atoms with Crippen LogP contribution in [-0.2, 0) is 6.54 Å². The predicted molar refractivity (Wildman–Crippen MR) is 57.4 cm³/mol. The summed E-state index contributed by atoms with van der Waals surface area (Å²) in [7, 11) is 0. The molecule has 0 spiro atoms.